The lowest BCUT2D eigenvalue weighted by Gasteiger charge is -2.14. The van der Waals surface area contributed by atoms with E-state index in [1.54, 1.807) is 0 Å². The number of anilines is 1. The number of rotatable bonds is 4. The number of ether oxygens (including phenoxy) is 1. The summed E-state index contributed by atoms with van der Waals surface area (Å²) in [6.07, 6.45) is 1.39. The summed E-state index contributed by atoms with van der Waals surface area (Å²) in [5.41, 5.74) is 1.89. The van der Waals surface area contributed by atoms with Gasteiger partial charge in [-0.05, 0) is 26.7 Å². The smallest absolute Gasteiger partial charge is 0.254 e. The van der Waals surface area contributed by atoms with Gasteiger partial charge in [-0.2, -0.15) is 5.10 Å². The molecule has 5 heteroatoms. The first kappa shape index (κ1) is 14.8. The zero-order chi connectivity index (χ0) is 15.5. The standard InChI is InChI=1S/C17H21N3O2/c1-12(2)20-16(18-17(21)15-9-6-10-22-15)11-14(19-20)13-7-4-3-5-8-13/h3-5,7-8,11-12,15H,6,9-10H2,1-2H3,(H,18,21). The van der Waals surface area contributed by atoms with Crippen LogP contribution in [0.1, 0.15) is 32.7 Å². The topological polar surface area (TPSA) is 56.2 Å². The summed E-state index contributed by atoms with van der Waals surface area (Å²) in [6.45, 7) is 4.75. The van der Waals surface area contributed by atoms with Crippen LogP contribution in [0.25, 0.3) is 11.3 Å². The molecule has 116 valence electrons. The van der Waals surface area contributed by atoms with Crippen molar-refractivity contribution in [3.8, 4) is 11.3 Å². The number of nitrogens with zero attached hydrogens (tertiary/aromatic N) is 2. The maximum absolute atomic E-state index is 12.3. The van der Waals surface area contributed by atoms with Crippen molar-refractivity contribution >= 4 is 11.7 Å². The predicted octanol–water partition coefficient (Wildman–Crippen LogP) is 3.25. The van der Waals surface area contributed by atoms with E-state index in [-0.39, 0.29) is 18.1 Å². The number of benzene rings is 1. The van der Waals surface area contributed by atoms with E-state index in [9.17, 15) is 4.79 Å². The molecule has 0 bridgehead atoms. The molecule has 1 aliphatic heterocycles. The Morgan fingerprint density at radius 3 is 2.77 bits per heavy atom. The summed E-state index contributed by atoms with van der Waals surface area (Å²) in [5.74, 6) is 0.633. The van der Waals surface area contributed by atoms with Gasteiger partial charge in [0.2, 0.25) is 0 Å². The average molecular weight is 299 g/mol. The van der Waals surface area contributed by atoms with Crippen molar-refractivity contribution in [1.29, 1.82) is 0 Å². The number of nitrogens with one attached hydrogen (secondary N) is 1. The van der Waals surface area contributed by atoms with Crippen LogP contribution in [-0.2, 0) is 9.53 Å². The van der Waals surface area contributed by atoms with Gasteiger partial charge in [0.1, 0.15) is 11.9 Å². The lowest BCUT2D eigenvalue weighted by molar-refractivity contribution is -0.124. The predicted molar refractivity (Wildman–Crippen MR) is 85.7 cm³/mol. The molecule has 1 fully saturated rings. The third-order valence-corrected chi connectivity index (χ3v) is 3.77. The van der Waals surface area contributed by atoms with E-state index in [1.165, 1.54) is 0 Å². The second kappa shape index (κ2) is 6.32. The fourth-order valence-electron chi connectivity index (χ4n) is 2.62. The van der Waals surface area contributed by atoms with Crippen LogP contribution in [0.4, 0.5) is 5.82 Å². The third-order valence-electron chi connectivity index (χ3n) is 3.77. The molecule has 0 aliphatic carbocycles. The molecule has 1 amide bonds. The summed E-state index contributed by atoms with van der Waals surface area (Å²) < 4.78 is 7.28. The maximum Gasteiger partial charge on any atom is 0.254 e. The lowest BCUT2D eigenvalue weighted by Crippen LogP contribution is -2.28. The van der Waals surface area contributed by atoms with Crippen LogP contribution < -0.4 is 5.32 Å². The van der Waals surface area contributed by atoms with Crippen molar-refractivity contribution in [2.75, 3.05) is 11.9 Å². The second-order valence-corrected chi connectivity index (χ2v) is 5.81. The minimum Gasteiger partial charge on any atom is -0.368 e. The number of carbonyl (C=O) groups is 1. The molecule has 5 nitrogen and oxygen atoms in total. The highest BCUT2D eigenvalue weighted by atomic mass is 16.5. The number of hydrogen-bond donors (Lipinski definition) is 1. The second-order valence-electron chi connectivity index (χ2n) is 5.81. The molecule has 1 atom stereocenters. The largest absolute Gasteiger partial charge is 0.368 e. The van der Waals surface area contributed by atoms with Gasteiger partial charge in [-0.25, -0.2) is 4.68 Å². The average Bonchev–Trinajstić information content (AvgIpc) is 3.17. The van der Waals surface area contributed by atoms with Crippen molar-refractivity contribution in [1.82, 2.24) is 9.78 Å². The number of amides is 1. The van der Waals surface area contributed by atoms with Crippen molar-refractivity contribution in [3.05, 3.63) is 36.4 Å². The highest BCUT2D eigenvalue weighted by Crippen LogP contribution is 2.25. The summed E-state index contributed by atoms with van der Waals surface area (Å²) in [7, 11) is 0. The van der Waals surface area contributed by atoms with E-state index in [2.05, 4.69) is 10.4 Å². The maximum atomic E-state index is 12.3. The molecule has 0 saturated carbocycles. The van der Waals surface area contributed by atoms with Crippen LogP contribution in [0.5, 0.6) is 0 Å². The number of hydrogen-bond acceptors (Lipinski definition) is 3. The van der Waals surface area contributed by atoms with Gasteiger partial charge in [-0.1, -0.05) is 30.3 Å². The molecule has 1 unspecified atom stereocenters. The Balaban J connectivity index is 1.86. The van der Waals surface area contributed by atoms with Crippen LogP contribution in [0.3, 0.4) is 0 Å². The highest BCUT2D eigenvalue weighted by molar-refractivity contribution is 5.94. The van der Waals surface area contributed by atoms with Gasteiger partial charge in [0.25, 0.3) is 5.91 Å². The Labute approximate surface area is 130 Å². The molecule has 1 aromatic heterocycles. The molecule has 1 saturated heterocycles. The monoisotopic (exact) mass is 299 g/mol. The van der Waals surface area contributed by atoms with Gasteiger partial charge in [0.05, 0.1) is 5.69 Å². The van der Waals surface area contributed by atoms with Gasteiger partial charge in [-0.15, -0.1) is 0 Å². The number of aromatic nitrogens is 2. The van der Waals surface area contributed by atoms with E-state index in [1.807, 2.05) is 54.9 Å². The minimum atomic E-state index is -0.337. The zero-order valence-corrected chi connectivity index (χ0v) is 13.0. The van der Waals surface area contributed by atoms with E-state index >= 15 is 0 Å². The van der Waals surface area contributed by atoms with Crippen molar-refractivity contribution in [3.63, 3.8) is 0 Å². The molecule has 0 radical (unpaired) electrons. The molecule has 3 rings (SSSR count). The fraction of sp³-hybridized carbons (Fsp3) is 0.412. The molecule has 1 aromatic carbocycles. The highest BCUT2D eigenvalue weighted by Gasteiger charge is 2.25. The van der Waals surface area contributed by atoms with Crippen LogP contribution in [0.2, 0.25) is 0 Å². The Morgan fingerprint density at radius 1 is 1.36 bits per heavy atom. The first-order valence-corrected chi connectivity index (χ1v) is 7.72. The Bertz CT molecular complexity index is 643. The first-order chi connectivity index (χ1) is 10.6. The quantitative estimate of drug-likeness (QED) is 0.943. The first-order valence-electron chi connectivity index (χ1n) is 7.72. The number of carbonyl (C=O) groups excluding carboxylic acids is 1. The summed E-state index contributed by atoms with van der Waals surface area (Å²) in [6, 6.07) is 12.0. The summed E-state index contributed by atoms with van der Waals surface area (Å²) >= 11 is 0. The van der Waals surface area contributed by atoms with Crippen molar-refractivity contribution in [2.24, 2.45) is 0 Å². The molecule has 2 aromatic rings. The zero-order valence-electron chi connectivity index (χ0n) is 13.0. The molecule has 1 N–H and O–H groups in total. The van der Waals surface area contributed by atoms with Crippen molar-refractivity contribution < 1.29 is 9.53 Å². The van der Waals surface area contributed by atoms with Crippen molar-refractivity contribution in [2.45, 2.75) is 38.8 Å². The SMILES string of the molecule is CC(C)n1nc(-c2ccccc2)cc1NC(=O)C1CCCO1. The molecule has 2 heterocycles. The van der Waals surface area contributed by atoms with Crippen LogP contribution in [0, 0.1) is 0 Å². The van der Waals surface area contributed by atoms with Crippen LogP contribution in [0.15, 0.2) is 36.4 Å². The van der Waals surface area contributed by atoms with E-state index in [0.29, 0.717) is 12.4 Å². The van der Waals surface area contributed by atoms with Crippen LogP contribution >= 0.6 is 0 Å². The van der Waals surface area contributed by atoms with Crippen LogP contribution in [-0.4, -0.2) is 28.4 Å². The van der Waals surface area contributed by atoms with Gasteiger partial charge >= 0.3 is 0 Å². The molecule has 1 aliphatic rings. The lowest BCUT2D eigenvalue weighted by atomic mass is 10.1. The minimum absolute atomic E-state index is 0.0843. The Hall–Kier alpha value is -2.14. The molecular formula is C17H21N3O2. The Kier molecular flexibility index (Phi) is 4.24. The molecule has 0 spiro atoms. The van der Waals surface area contributed by atoms with Gasteiger partial charge < -0.3 is 10.1 Å². The van der Waals surface area contributed by atoms with Gasteiger partial charge in [0, 0.05) is 24.3 Å². The molecule has 22 heavy (non-hydrogen) atoms. The fourth-order valence-corrected chi connectivity index (χ4v) is 2.62. The van der Waals surface area contributed by atoms with Gasteiger partial charge in [-0.3, -0.25) is 4.79 Å². The third kappa shape index (κ3) is 3.04. The van der Waals surface area contributed by atoms with Gasteiger partial charge in [0.15, 0.2) is 0 Å². The normalized spacial score (nSPS) is 17.9. The summed E-state index contributed by atoms with van der Waals surface area (Å²) in [4.78, 5) is 12.3. The Morgan fingerprint density at radius 2 is 2.14 bits per heavy atom. The van der Waals surface area contributed by atoms with E-state index in [4.69, 9.17) is 4.74 Å². The summed E-state index contributed by atoms with van der Waals surface area (Å²) in [5, 5.41) is 7.58. The van der Waals surface area contributed by atoms with E-state index in [0.717, 1.165) is 24.1 Å². The van der Waals surface area contributed by atoms with E-state index < -0.39 is 0 Å². The molecular weight excluding hydrogens is 278 g/mol.